The van der Waals surface area contributed by atoms with Gasteiger partial charge in [-0.15, -0.1) is 0 Å². The second kappa shape index (κ2) is 8.85. The fraction of sp³-hybridized carbons (Fsp3) is 0.0870. The van der Waals surface area contributed by atoms with Crippen LogP contribution in [0, 0.1) is 11.8 Å². The Morgan fingerprint density at radius 2 is 1.62 bits per heavy atom. The Hall–Kier alpha value is -3.23. The lowest BCUT2D eigenvalue weighted by molar-refractivity contribution is -0.137. The van der Waals surface area contributed by atoms with E-state index in [1.54, 1.807) is 42.5 Å². The van der Waals surface area contributed by atoms with E-state index in [-0.39, 0.29) is 12.2 Å². The van der Waals surface area contributed by atoms with Crippen LogP contribution >= 0.6 is 11.6 Å². The number of carbonyl (C=O) groups is 1. The van der Waals surface area contributed by atoms with Crippen molar-refractivity contribution in [2.45, 2.75) is 12.8 Å². The van der Waals surface area contributed by atoms with Gasteiger partial charge in [0.2, 0.25) is 0 Å². The van der Waals surface area contributed by atoms with Gasteiger partial charge in [-0.05, 0) is 54.1 Å². The molecule has 3 aromatic rings. The maximum absolute atomic E-state index is 12.6. The summed E-state index contributed by atoms with van der Waals surface area (Å²) in [6, 6.07) is 16.6. The lowest BCUT2D eigenvalue weighted by Crippen LogP contribution is -2.05. The number of hydrogen-bond donors (Lipinski definition) is 0. The first-order valence-corrected chi connectivity index (χ1v) is 8.89. The molecule has 0 radical (unpaired) electrons. The average Bonchev–Trinajstić information content (AvgIpc) is 2.71. The van der Waals surface area contributed by atoms with Gasteiger partial charge in [-0.2, -0.15) is 13.2 Å². The molecular weight excluding hydrogens is 401 g/mol. The zero-order chi connectivity index (χ0) is 20.9. The highest BCUT2D eigenvalue weighted by atomic mass is 35.5. The van der Waals surface area contributed by atoms with Crippen molar-refractivity contribution in [1.82, 2.24) is 0 Å². The largest absolute Gasteiger partial charge is 0.488 e. The van der Waals surface area contributed by atoms with Gasteiger partial charge in [-0.1, -0.05) is 41.6 Å². The molecular formula is C23H14ClF3O2. The molecule has 0 atom stereocenters. The van der Waals surface area contributed by atoms with E-state index in [1.165, 1.54) is 12.1 Å². The summed E-state index contributed by atoms with van der Waals surface area (Å²) >= 11 is 5.85. The van der Waals surface area contributed by atoms with Crippen LogP contribution in [-0.4, -0.2) is 6.29 Å². The Balaban J connectivity index is 1.78. The van der Waals surface area contributed by atoms with Gasteiger partial charge in [-0.3, -0.25) is 4.79 Å². The van der Waals surface area contributed by atoms with E-state index in [0.29, 0.717) is 28.2 Å². The van der Waals surface area contributed by atoms with Crippen molar-refractivity contribution in [3.8, 4) is 17.6 Å². The van der Waals surface area contributed by atoms with Crippen molar-refractivity contribution in [2.24, 2.45) is 0 Å². The first-order valence-electron chi connectivity index (χ1n) is 8.51. The number of carbonyl (C=O) groups excluding carboxylic acids is 1. The minimum absolute atomic E-state index is 0.0209. The Labute approximate surface area is 170 Å². The Bertz CT molecular complexity index is 1060. The predicted molar refractivity (Wildman–Crippen MR) is 105 cm³/mol. The highest BCUT2D eigenvalue weighted by Crippen LogP contribution is 2.29. The number of alkyl halides is 3. The zero-order valence-electron chi connectivity index (χ0n) is 15.0. The fourth-order valence-corrected chi connectivity index (χ4v) is 2.65. The molecule has 0 bridgehead atoms. The molecule has 146 valence electrons. The molecule has 0 aliphatic heterocycles. The second-order valence-corrected chi connectivity index (χ2v) is 6.51. The van der Waals surface area contributed by atoms with Crippen LogP contribution in [0.4, 0.5) is 13.2 Å². The van der Waals surface area contributed by atoms with Crippen LogP contribution in [0.15, 0.2) is 66.7 Å². The molecule has 0 spiro atoms. The molecule has 3 aromatic carbocycles. The van der Waals surface area contributed by atoms with E-state index in [0.717, 1.165) is 17.7 Å². The SMILES string of the molecule is O=Cc1c(C#Cc2ccc(Cl)cc2)cccc1OCc1ccc(C(F)(F)F)cc1. The second-order valence-electron chi connectivity index (χ2n) is 6.08. The van der Waals surface area contributed by atoms with Crippen LogP contribution in [0.25, 0.3) is 0 Å². The van der Waals surface area contributed by atoms with Crippen molar-refractivity contribution in [3.05, 3.63) is 99.6 Å². The quantitative estimate of drug-likeness (QED) is 0.378. The van der Waals surface area contributed by atoms with Crippen molar-refractivity contribution in [1.29, 1.82) is 0 Å². The number of halogens is 4. The molecule has 0 fully saturated rings. The summed E-state index contributed by atoms with van der Waals surface area (Å²) in [7, 11) is 0. The average molecular weight is 415 g/mol. The first kappa shape index (κ1) is 20.5. The van der Waals surface area contributed by atoms with Gasteiger partial charge in [-0.25, -0.2) is 0 Å². The van der Waals surface area contributed by atoms with Gasteiger partial charge >= 0.3 is 6.18 Å². The lowest BCUT2D eigenvalue weighted by Gasteiger charge is -2.11. The molecule has 0 saturated carbocycles. The van der Waals surface area contributed by atoms with Gasteiger partial charge in [0.1, 0.15) is 12.4 Å². The van der Waals surface area contributed by atoms with Gasteiger partial charge < -0.3 is 4.74 Å². The van der Waals surface area contributed by atoms with Crippen molar-refractivity contribution in [3.63, 3.8) is 0 Å². The smallest absolute Gasteiger partial charge is 0.416 e. The maximum Gasteiger partial charge on any atom is 0.416 e. The van der Waals surface area contributed by atoms with Crippen LogP contribution in [-0.2, 0) is 12.8 Å². The highest BCUT2D eigenvalue weighted by molar-refractivity contribution is 6.30. The predicted octanol–water partition coefficient (Wildman–Crippen LogP) is 6.15. The molecule has 0 saturated heterocycles. The molecule has 0 aliphatic carbocycles. The van der Waals surface area contributed by atoms with Crippen LogP contribution in [0.1, 0.15) is 32.6 Å². The summed E-state index contributed by atoms with van der Waals surface area (Å²) in [5.74, 6) is 6.20. The van der Waals surface area contributed by atoms with Crippen molar-refractivity contribution >= 4 is 17.9 Å². The normalized spacial score (nSPS) is 10.8. The molecule has 3 rings (SSSR count). The maximum atomic E-state index is 12.6. The minimum atomic E-state index is -4.39. The van der Waals surface area contributed by atoms with Gasteiger partial charge in [0, 0.05) is 16.1 Å². The summed E-state index contributed by atoms with van der Waals surface area (Å²) in [6.07, 6.45) is -3.74. The lowest BCUT2D eigenvalue weighted by atomic mass is 10.1. The number of benzene rings is 3. The van der Waals surface area contributed by atoms with Crippen molar-refractivity contribution < 1.29 is 22.7 Å². The molecule has 0 N–H and O–H groups in total. The zero-order valence-corrected chi connectivity index (χ0v) is 15.7. The van der Waals surface area contributed by atoms with E-state index in [2.05, 4.69) is 11.8 Å². The molecule has 0 aliphatic rings. The molecule has 29 heavy (non-hydrogen) atoms. The Kier molecular flexibility index (Phi) is 6.26. The number of hydrogen-bond acceptors (Lipinski definition) is 2. The van der Waals surface area contributed by atoms with Crippen LogP contribution in [0.3, 0.4) is 0 Å². The topological polar surface area (TPSA) is 26.3 Å². The van der Waals surface area contributed by atoms with Crippen LogP contribution < -0.4 is 4.74 Å². The summed E-state index contributed by atoms with van der Waals surface area (Å²) < 4.78 is 43.6. The summed E-state index contributed by atoms with van der Waals surface area (Å²) in [6.45, 7) is 0.0209. The monoisotopic (exact) mass is 414 g/mol. The van der Waals surface area contributed by atoms with Gasteiger partial charge in [0.25, 0.3) is 0 Å². The molecule has 6 heteroatoms. The van der Waals surface area contributed by atoms with Crippen LogP contribution in [0.2, 0.25) is 5.02 Å². The van der Waals surface area contributed by atoms with E-state index in [9.17, 15) is 18.0 Å². The number of rotatable bonds is 4. The molecule has 0 unspecified atom stereocenters. The van der Waals surface area contributed by atoms with Gasteiger partial charge in [0.05, 0.1) is 11.1 Å². The van der Waals surface area contributed by atoms with E-state index >= 15 is 0 Å². The number of ether oxygens (including phenoxy) is 1. The van der Waals surface area contributed by atoms with E-state index in [1.807, 2.05) is 0 Å². The number of aldehydes is 1. The standard InChI is InChI=1S/C23H14ClF3O2/c24-20-12-7-16(8-13-20)4-9-18-2-1-3-22(21(18)14-28)29-15-17-5-10-19(11-6-17)23(25,26)27/h1-3,5-8,10-14H,15H2. The van der Waals surface area contributed by atoms with Gasteiger partial charge in [0.15, 0.2) is 6.29 Å². The van der Waals surface area contributed by atoms with Crippen molar-refractivity contribution in [2.75, 3.05) is 0 Å². The molecule has 0 aromatic heterocycles. The minimum Gasteiger partial charge on any atom is -0.488 e. The Morgan fingerprint density at radius 3 is 2.24 bits per heavy atom. The third-order valence-corrected chi connectivity index (χ3v) is 4.30. The summed E-state index contributed by atoms with van der Waals surface area (Å²) in [5.41, 5.74) is 1.32. The highest BCUT2D eigenvalue weighted by Gasteiger charge is 2.29. The Morgan fingerprint density at radius 1 is 0.931 bits per heavy atom. The molecule has 2 nitrogen and oxygen atoms in total. The van der Waals surface area contributed by atoms with Crippen LogP contribution in [0.5, 0.6) is 5.75 Å². The third kappa shape index (κ3) is 5.40. The summed E-state index contributed by atoms with van der Waals surface area (Å²) in [5, 5.41) is 0.600. The summed E-state index contributed by atoms with van der Waals surface area (Å²) in [4.78, 5) is 11.6. The fourth-order valence-electron chi connectivity index (χ4n) is 2.52. The van der Waals surface area contributed by atoms with E-state index in [4.69, 9.17) is 16.3 Å². The van der Waals surface area contributed by atoms with E-state index < -0.39 is 11.7 Å². The first-order chi connectivity index (χ1) is 13.9. The third-order valence-electron chi connectivity index (χ3n) is 4.05. The molecule has 0 amide bonds. The molecule has 0 heterocycles.